The minimum atomic E-state index is 0.521. The lowest BCUT2D eigenvalue weighted by Gasteiger charge is -2.25. The van der Waals surface area contributed by atoms with Gasteiger partial charge in [0.15, 0.2) is 0 Å². The van der Waals surface area contributed by atoms with Crippen LogP contribution in [0.1, 0.15) is 11.6 Å². The predicted octanol–water partition coefficient (Wildman–Crippen LogP) is 1.96. The monoisotopic (exact) mass is 213 g/mol. The molecule has 0 bridgehead atoms. The van der Waals surface area contributed by atoms with E-state index in [4.69, 9.17) is 4.74 Å². The van der Waals surface area contributed by atoms with Gasteiger partial charge >= 0.3 is 0 Å². The standard InChI is InChI=1S/C8H8BrNO/c9-8-3-1-2-7(10-8)6-4-11-5-6/h1-3,6H,4-5H2. The van der Waals surface area contributed by atoms with Gasteiger partial charge in [-0.25, -0.2) is 4.98 Å². The number of nitrogens with zero attached hydrogens (tertiary/aromatic N) is 1. The molecule has 0 N–H and O–H groups in total. The van der Waals surface area contributed by atoms with Gasteiger partial charge in [0.2, 0.25) is 0 Å². The van der Waals surface area contributed by atoms with Gasteiger partial charge in [-0.1, -0.05) is 6.07 Å². The van der Waals surface area contributed by atoms with Crippen LogP contribution in [0.25, 0.3) is 0 Å². The zero-order chi connectivity index (χ0) is 7.68. The van der Waals surface area contributed by atoms with E-state index in [9.17, 15) is 0 Å². The molecule has 0 amide bonds. The summed E-state index contributed by atoms with van der Waals surface area (Å²) in [5, 5.41) is 0. The number of aromatic nitrogens is 1. The van der Waals surface area contributed by atoms with E-state index in [1.54, 1.807) is 0 Å². The van der Waals surface area contributed by atoms with Gasteiger partial charge in [-0.05, 0) is 28.1 Å². The van der Waals surface area contributed by atoms with Crippen LogP contribution in [0.2, 0.25) is 0 Å². The average Bonchev–Trinajstić information content (AvgIpc) is 1.83. The summed E-state index contributed by atoms with van der Waals surface area (Å²) in [6.45, 7) is 1.65. The van der Waals surface area contributed by atoms with Gasteiger partial charge in [0.05, 0.1) is 13.2 Å². The fourth-order valence-electron chi connectivity index (χ4n) is 1.06. The lowest BCUT2D eigenvalue weighted by atomic mass is 10.0. The minimum Gasteiger partial charge on any atom is -0.380 e. The van der Waals surface area contributed by atoms with Crippen LogP contribution in [0.3, 0.4) is 0 Å². The highest BCUT2D eigenvalue weighted by atomic mass is 79.9. The summed E-state index contributed by atoms with van der Waals surface area (Å²) in [5.74, 6) is 0.521. The fraction of sp³-hybridized carbons (Fsp3) is 0.375. The molecule has 0 radical (unpaired) electrons. The van der Waals surface area contributed by atoms with Gasteiger partial charge in [-0.15, -0.1) is 0 Å². The van der Waals surface area contributed by atoms with Gasteiger partial charge in [-0.2, -0.15) is 0 Å². The molecule has 2 rings (SSSR count). The highest BCUT2D eigenvalue weighted by Crippen LogP contribution is 2.22. The number of halogens is 1. The third kappa shape index (κ3) is 1.44. The average molecular weight is 214 g/mol. The van der Waals surface area contributed by atoms with Gasteiger partial charge < -0.3 is 4.74 Å². The Hall–Kier alpha value is -0.410. The quantitative estimate of drug-likeness (QED) is 0.666. The van der Waals surface area contributed by atoms with Crippen LogP contribution in [0.4, 0.5) is 0 Å². The molecule has 1 fully saturated rings. The molecule has 2 nitrogen and oxygen atoms in total. The van der Waals surface area contributed by atoms with Crippen LogP contribution in [-0.2, 0) is 4.74 Å². The molecular weight excluding hydrogens is 206 g/mol. The maximum Gasteiger partial charge on any atom is 0.106 e. The number of hydrogen-bond acceptors (Lipinski definition) is 2. The van der Waals surface area contributed by atoms with Crippen LogP contribution in [0, 0.1) is 0 Å². The smallest absolute Gasteiger partial charge is 0.106 e. The van der Waals surface area contributed by atoms with Gasteiger partial charge in [-0.3, -0.25) is 0 Å². The first-order chi connectivity index (χ1) is 5.36. The molecule has 0 spiro atoms. The van der Waals surface area contributed by atoms with Crippen molar-refractivity contribution < 1.29 is 4.74 Å². The highest BCUT2D eigenvalue weighted by molar-refractivity contribution is 9.10. The molecule has 2 heterocycles. The van der Waals surface area contributed by atoms with E-state index < -0.39 is 0 Å². The van der Waals surface area contributed by atoms with Crippen molar-refractivity contribution in [3.8, 4) is 0 Å². The topological polar surface area (TPSA) is 22.1 Å². The molecule has 1 aromatic heterocycles. The largest absolute Gasteiger partial charge is 0.380 e. The van der Waals surface area contributed by atoms with Crippen LogP contribution in [0.5, 0.6) is 0 Å². The van der Waals surface area contributed by atoms with E-state index in [2.05, 4.69) is 20.9 Å². The van der Waals surface area contributed by atoms with E-state index >= 15 is 0 Å². The summed E-state index contributed by atoms with van der Waals surface area (Å²) in [6, 6.07) is 5.98. The van der Waals surface area contributed by atoms with E-state index in [0.717, 1.165) is 23.5 Å². The number of pyridine rings is 1. The molecule has 1 aromatic rings. The first-order valence-electron chi connectivity index (χ1n) is 3.56. The second kappa shape index (κ2) is 2.91. The molecular formula is C8H8BrNO. The zero-order valence-electron chi connectivity index (χ0n) is 5.96. The van der Waals surface area contributed by atoms with Gasteiger partial charge in [0, 0.05) is 11.6 Å². The Labute approximate surface area is 73.7 Å². The molecule has 0 atom stereocenters. The van der Waals surface area contributed by atoms with E-state index in [-0.39, 0.29) is 0 Å². The second-order valence-electron chi connectivity index (χ2n) is 2.62. The predicted molar refractivity (Wildman–Crippen MR) is 45.5 cm³/mol. The Morgan fingerprint density at radius 3 is 2.82 bits per heavy atom. The van der Waals surface area contributed by atoms with Crippen molar-refractivity contribution in [1.29, 1.82) is 0 Å². The van der Waals surface area contributed by atoms with Crippen molar-refractivity contribution in [2.75, 3.05) is 13.2 Å². The Morgan fingerprint density at radius 2 is 2.27 bits per heavy atom. The normalized spacial score (nSPS) is 17.9. The maximum absolute atomic E-state index is 5.07. The Kier molecular flexibility index (Phi) is 1.92. The fourth-order valence-corrected chi connectivity index (χ4v) is 1.42. The van der Waals surface area contributed by atoms with Gasteiger partial charge in [0.1, 0.15) is 4.60 Å². The van der Waals surface area contributed by atoms with E-state index in [0.29, 0.717) is 5.92 Å². The molecule has 0 saturated carbocycles. The number of rotatable bonds is 1. The van der Waals surface area contributed by atoms with Crippen molar-refractivity contribution in [3.63, 3.8) is 0 Å². The lowest BCUT2D eigenvalue weighted by molar-refractivity contribution is 0.00666. The summed E-state index contributed by atoms with van der Waals surface area (Å²) in [6.07, 6.45) is 0. The van der Waals surface area contributed by atoms with Crippen LogP contribution >= 0.6 is 15.9 Å². The lowest BCUT2D eigenvalue weighted by Crippen LogP contribution is -2.25. The summed E-state index contributed by atoms with van der Waals surface area (Å²) < 4.78 is 5.98. The van der Waals surface area contributed by atoms with Crippen LogP contribution in [-0.4, -0.2) is 18.2 Å². The molecule has 1 aliphatic rings. The molecule has 0 aromatic carbocycles. The second-order valence-corrected chi connectivity index (χ2v) is 3.43. The number of ether oxygens (including phenoxy) is 1. The number of hydrogen-bond donors (Lipinski definition) is 0. The first kappa shape index (κ1) is 7.25. The molecule has 11 heavy (non-hydrogen) atoms. The summed E-state index contributed by atoms with van der Waals surface area (Å²) in [5.41, 5.74) is 1.13. The van der Waals surface area contributed by atoms with Crippen LogP contribution < -0.4 is 0 Å². The highest BCUT2D eigenvalue weighted by Gasteiger charge is 2.21. The summed E-state index contributed by atoms with van der Waals surface area (Å²) in [4.78, 5) is 4.33. The Bertz CT molecular complexity index is 260. The van der Waals surface area contributed by atoms with E-state index in [1.165, 1.54) is 0 Å². The third-order valence-corrected chi connectivity index (χ3v) is 2.23. The van der Waals surface area contributed by atoms with Gasteiger partial charge in [0.25, 0.3) is 0 Å². The minimum absolute atomic E-state index is 0.521. The van der Waals surface area contributed by atoms with Crippen LogP contribution in [0.15, 0.2) is 22.8 Å². The first-order valence-corrected chi connectivity index (χ1v) is 4.36. The molecule has 1 aliphatic heterocycles. The van der Waals surface area contributed by atoms with Crippen molar-refractivity contribution in [2.24, 2.45) is 0 Å². The summed E-state index contributed by atoms with van der Waals surface area (Å²) >= 11 is 3.33. The molecule has 0 aliphatic carbocycles. The Morgan fingerprint density at radius 1 is 1.45 bits per heavy atom. The summed E-state index contributed by atoms with van der Waals surface area (Å²) in [7, 11) is 0. The van der Waals surface area contributed by atoms with E-state index in [1.807, 2.05) is 18.2 Å². The van der Waals surface area contributed by atoms with Crippen molar-refractivity contribution in [2.45, 2.75) is 5.92 Å². The molecule has 3 heteroatoms. The van der Waals surface area contributed by atoms with Crippen molar-refractivity contribution in [3.05, 3.63) is 28.5 Å². The molecule has 1 saturated heterocycles. The SMILES string of the molecule is Brc1cccc(C2COC2)n1. The Balaban J connectivity index is 2.23. The van der Waals surface area contributed by atoms with Crippen molar-refractivity contribution in [1.82, 2.24) is 4.98 Å². The third-order valence-electron chi connectivity index (χ3n) is 1.79. The molecule has 58 valence electrons. The molecule has 0 unspecified atom stereocenters. The van der Waals surface area contributed by atoms with Crippen molar-refractivity contribution >= 4 is 15.9 Å². The zero-order valence-corrected chi connectivity index (χ0v) is 7.54. The maximum atomic E-state index is 5.07.